The Morgan fingerprint density at radius 2 is 1.32 bits per heavy atom. The molecule has 4 heterocycles. The van der Waals surface area contributed by atoms with E-state index in [1.54, 1.807) is 0 Å². The number of hydrogen-bond donors (Lipinski definition) is 2. The van der Waals surface area contributed by atoms with Gasteiger partial charge in [0.2, 0.25) is 0 Å². The van der Waals surface area contributed by atoms with Crippen LogP contribution in [0.4, 0.5) is 0 Å². The van der Waals surface area contributed by atoms with E-state index < -0.39 is 0 Å². The summed E-state index contributed by atoms with van der Waals surface area (Å²) < 4.78 is 10.5. The zero-order valence-electron chi connectivity index (χ0n) is 30.9. The van der Waals surface area contributed by atoms with Crippen LogP contribution < -0.4 is 10.6 Å². The number of nitrogens with zero attached hydrogens (tertiary/aromatic N) is 2. The molecule has 0 fully saturated rings. The number of aromatic nitrogens is 1. The van der Waals surface area contributed by atoms with Gasteiger partial charge in [-0.25, -0.2) is 4.99 Å². The number of thiophene rings is 1. The van der Waals surface area contributed by atoms with Gasteiger partial charge in [-0.3, -0.25) is 5.32 Å². The van der Waals surface area contributed by atoms with E-state index in [-0.39, 0.29) is 18.4 Å². The summed E-state index contributed by atoms with van der Waals surface area (Å²) in [7, 11) is 0. The van der Waals surface area contributed by atoms with Gasteiger partial charge < -0.3 is 14.3 Å². The maximum atomic E-state index is 6.65. The first-order chi connectivity index (χ1) is 28.2. The molecule has 3 atom stereocenters. The van der Waals surface area contributed by atoms with Crippen LogP contribution in [-0.2, 0) is 0 Å². The van der Waals surface area contributed by atoms with Gasteiger partial charge in [0.05, 0.1) is 6.04 Å². The molecule has 2 N–H and O–H groups in total. The lowest BCUT2D eigenvalue weighted by molar-refractivity contribution is 0.411. The van der Waals surface area contributed by atoms with E-state index in [2.05, 4.69) is 179 Å². The first-order valence-corrected chi connectivity index (χ1v) is 20.4. The maximum absolute atomic E-state index is 6.65. The van der Waals surface area contributed by atoms with E-state index in [1.165, 1.54) is 47.9 Å². The molecular formula is C51H36N4OS. The number of para-hydroxylation sites is 2. The molecule has 0 radical (unpaired) electrons. The fourth-order valence-corrected chi connectivity index (χ4v) is 10.5. The van der Waals surface area contributed by atoms with Crippen LogP contribution in [-0.4, -0.2) is 10.4 Å². The van der Waals surface area contributed by atoms with E-state index >= 15 is 0 Å². The van der Waals surface area contributed by atoms with Gasteiger partial charge in [0.15, 0.2) is 0 Å². The third kappa shape index (κ3) is 5.22. The van der Waals surface area contributed by atoms with Crippen LogP contribution in [0.25, 0.3) is 71.0 Å². The summed E-state index contributed by atoms with van der Waals surface area (Å²) >= 11 is 1.94. The molecule has 1 aliphatic carbocycles. The van der Waals surface area contributed by atoms with Crippen molar-refractivity contribution in [3.8, 4) is 11.1 Å². The number of furan rings is 1. The molecule has 0 spiro atoms. The number of fused-ring (bicyclic) bond motifs is 9. The van der Waals surface area contributed by atoms with Crippen molar-refractivity contribution in [2.45, 2.75) is 24.8 Å². The Morgan fingerprint density at radius 1 is 0.614 bits per heavy atom. The van der Waals surface area contributed by atoms with Crippen LogP contribution in [0.1, 0.15) is 51.9 Å². The van der Waals surface area contributed by atoms with E-state index in [0.717, 1.165) is 56.4 Å². The standard InChI is InChI=1S/C51H36N4OS/c1-3-13-31(14-4-1)49-52-50(32-15-5-2-6-16-32)54-51(53-49)40-20-12-24-44-47(40)39-28-26-33(29-45(39)56-44)34-25-27-37-38-19-11-23-43(48(38)57-46(37)30-34)55-41-21-9-7-17-35(41)36-18-8-10-22-42(36)55/h1-22,24-30,43,49,51,53H,23H2,(H,52,54). The lowest BCUT2D eigenvalue weighted by atomic mass is 9.96. The van der Waals surface area contributed by atoms with Crippen LogP contribution in [0, 0.1) is 0 Å². The van der Waals surface area contributed by atoms with Gasteiger partial charge in [-0.15, -0.1) is 11.3 Å². The van der Waals surface area contributed by atoms with Crippen LogP contribution in [0.5, 0.6) is 0 Å². The van der Waals surface area contributed by atoms with Crippen molar-refractivity contribution in [1.82, 2.24) is 15.2 Å². The number of hydrogen-bond acceptors (Lipinski definition) is 5. The maximum Gasteiger partial charge on any atom is 0.136 e. The van der Waals surface area contributed by atoms with Crippen LogP contribution in [0.3, 0.4) is 0 Å². The highest BCUT2D eigenvalue weighted by Gasteiger charge is 2.29. The van der Waals surface area contributed by atoms with Gasteiger partial charge in [-0.05, 0) is 65.1 Å². The summed E-state index contributed by atoms with van der Waals surface area (Å²) in [5.41, 5.74) is 11.3. The third-order valence-corrected chi connectivity index (χ3v) is 13.1. The summed E-state index contributed by atoms with van der Waals surface area (Å²) in [4.78, 5) is 6.55. The second kappa shape index (κ2) is 12.9. The number of amidine groups is 1. The van der Waals surface area contributed by atoms with Crippen molar-refractivity contribution >= 4 is 77.1 Å². The molecule has 0 amide bonds. The molecular weight excluding hydrogens is 717 g/mol. The molecule has 12 rings (SSSR count). The summed E-state index contributed by atoms with van der Waals surface area (Å²) in [6, 6.07) is 58.7. The van der Waals surface area contributed by atoms with Gasteiger partial charge >= 0.3 is 0 Å². The summed E-state index contributed by atoms with van der Waals surface area (Å²) in [6.45, 7) is 0. The van der Waals surface area contributed by atoms with E-state index in [1.807, 2.05) is 23.5 Å². The molecule has 3 aromatic heterocycles. The number of rotatable bonds is 5. The van der Waals surface area contributed by atoms with Crippen LogP contribution in [0.2, 0.25) is 0 Å². The van der Waals surface area contributed by atoms with Crippen LogP contribution >= 0.6 is 11.3 Å². The lowest BCUT2D eigenvalue weighted by Crippen LogP contribution is -2.45. The first kappa shape index (κ1) is 32.5. The summed E-state index contributed by atoms with van der Waals surface area (Å²) in [6.07, 6.45) is 5.26. The lowest BCUT2D eigenvalue weighted by Gasteiger charge is -2.32. The Bertz CT molecular complexity index is 3190. The van der Waals surface area contributed by atoms with Crippen molar-refractivity contribution in [1.29, 1.82) is 0 Å². The second-order valence-corrected chi connectivity index (χ2v) is 16.2. The zero-order valence-corrected chi connectivity index (χ0v) is 31.7. The quantitative estimate of drug-likeness (QED) is 0.184. The highest BCUT2D eigenvalue weighted by molar-refractivity contribution is 7.19. The summed E-state index contributed by atoms with van der Waals surface area (Å²) in [5.74, 6) is 0.864. The van der Waals surface area contributed by atoms with Crippen molar-refractivity contribution in [2.24, 2.45) is 4.99 Å². The number of benzene rings is 7. The predicted molar refractivity (Wildman–Crippen MR) is 237 cm³/mol. The van der Waals surface area contributed by atoms with Crippen molar-refractivity contribution in [3.05, 3.63) is 197 Å². The van der Waals surface area contributed by atoms with E-state index in [9.17, 15) is 0 Å². The number of allylic oxidation sites excluding steroid dienone is 1. The topological polar surface area (TPSA) is 54.5 Å². The van der Waals surface area contributed by atoms with Gasteiger partial charge in [0, 0.05) is 58.7 Å². The van der Waals surface area contributed by atoms with Crippen molar-refractivity contribution in [2.75, 3.05) is 0 Å². The SMILES string of the molecule is C1=Cc2c(sc3cc(-c4ccc5c(c4)oc4cccc(C6NC(c7ccccc7)=NC(c7ccccc7)N6)c45)ccc23)C(n2c3ccccc3c3ccccc32)C1. The molecule has 57 heavy (non-hydrogen) atoms. The molecule has 6 heteroatoms. The molecule has 3 unspecified atom stereocenters. The Morgan fingerprint density at radius 3 is 2.11 bits per heavy atom. The molecule has 7 aromatic carbocycles. The van der Waals surface area contributed by atoms with Crippen molar-refractivity contribution < 1.29 is 4.42 Å². The Balaban J connectivity index is 0.924. The van der Waals surface area contributed by atoms with Gasteiger partial charge in [-0.2, -0.15) is 0 Å². The van der Waals surface area contributed by atoms with Gasteiger partial charge in [0.25, 0.3) is 0 Å². The average Bonchev–Trinajstić information content (AvgIpc) is 3.96. The van der Waals surface area contributed by atoms with Crippen molar-refractivity contribution in [3.63, 3.8) is 0 Å². The minimum absolute atomic E-state index is 0.195. The highest BCUT2D eigenvalue weighted by atomic mass is 32.1. The van der Waals surface area contributed by atoms with E-state index in [0.29, 0.717) is 0 Å². The smallest absolute Gasteiger partial charge is 0.136 e. The van der Waals surface area contributed by atoms with Gasteiger partial charge in [0.1, 0.15) is 29.3 Å². The Hall–Kier alpha value is -6.73. The van der Waals surface area contributed by atoms with E-state index in [4.69, 9.17) is 9.41 Å². The molecule has 5 nitrogen and oxygen atoms in total. The van der Waals surface area contributed by atoms with Gasteiger partial charge in [-0.1, -0.05) is 140 Å². The molecule has 1 aliphatic heterocycles. The monoisotopic (exact) mass is 752 g/mol. The average molecular weight is 753 g/mol. The molecule has 10 aromatic rings. The highest BCUT2D eigenvalue weighted by Crippen LogP contribution is 2.46. The third-order valence-electron chi connectivity index (χ3n) is 11.8. The van der Waals surface area contributed by atoms with Crippen LogP contribution in [0.15, 0.2) is 179 Å². The molecule has 0 saturated heterocycles. The zero-order chi connectivity index (χ0) is 37.5. The number of nitrogens with one attached hydrogen (secondary N) is 2. The normalized spacial score (nSPS) is 18.0. The molecule has 0 saturated carbocycles. The second-order valence-electron chi connectivity index (χ2n) is 15.1. The number of aliphatic imine (C=N–C) groups is 1. The minimum atomic E-state index is -0.210. The fourth-order valence-electron chi connectivity index (χ4n) is 9.21. The minimum Gasteiger partial charge on any atom is -0.456 e. The molecule has 272 valence electrons. The fraction of sp³-hybridized carbons (Fsp3) is 0.0784. The summed E-state index contributed by atoms with van der Waals surface area (Å²) in [5, 5.41) is 13.7. The molecule has 2 aliphatic rings. The Labute approximate surface area is 333 Å². The largest absolute Gasteiger partial charge is 0.456 e. The Kier molecular flexibility index (Phi) is 7.37. The predicted octanol–water partition coefficient (Wildman–Crippen LogP) is 12.9. The molecule has 0 bridgehead atoms. The first-order valence-electron chi connectivity index (χ1n) is 19.6.